The fourth-order valence-corrected chi connectivity index (χ4v) is 1.71. The van der Waals surface area contributed by atoms with Gasteiger partial charge in [0, 0.05) is 5.69 Å². The number of benzene rings is 2. The maximum Gasteiger partial charge on any atom is 0.277 e. The van der Waals surface area contributed by atoms with Crippen LogP contribution in [0.3, 0.4) is 0 Å². The minimum atomic E-state index is -0.392. The maximum absolute atomic E-state index is 12.3. The zero-order chi connectivity index (χ0) is 16.5. The van der Waals surface area contributed by atoms with Crippen LogP contribution in [0, 0.1) is 6.92 Å². The molecule has 0 aliphatic carbocycles. The standard InChI is InChI=1S/C17H18N4O2/c1-13-8-10-15(11-9-13)20-21-16(12-18-23-2)17(22)19-14-6-4-3-5-7-14/h3-12,20H,1-2H3,(H,19,22)/b18-12?,21-16-. The van der Waals surface area contributed by atoms with Gasteiger partial charge in [-0.1, -0.05) is 41.1 Å². The molecule has 23 heavy (non-hydrogen) atoms. The van der Waals surface area contributed by atoms with E-state index in [-0.39, 0.29) is 5.71 Å². The van der Waals surface area contributed by atoms with Gasteiger partial charge in [-0.15, -0.1) is 0 Å². The summed E-state index contributed by atoms with van der Waals surface area (Å²) in [5.41, 5.74) is 5.51. The number of nitrogens with zero attached hydrogens (tertiary/aromatic N) is 2. The fourth-order valence-electron chi connectivity index (χ4n) is 1.71. The number of carbonyl (C=O) groups is 1. The van der Waals surface area contributed by atoms with Crippen molar-refractivity contribution >= 4 is 29.2 Å². The van der Waals surface area contributed by atoms with Crippen LogP contribution in [-0.4, -0.2) is 24.9 Å². The molecule has 2 aromatic carbocycles. The number of rotatable bonds is 6. The number of anilines is 2. The summed E-state index contributed by atoms with van der Waals surface area (Å²) in [6.45, 7) is 2.00. The van der Waals surface area contributed by atoms with E-state index in [1.807, 2.05) is 49.4 Å². The topological polar surface area (TPSA) is 75.1 Å². The van der Waals surface area contributed by atoms with Crippen LogP contribution >= 0.6 is 0 Å². The predicted molar refractivity (Wildman–Crippen MR) is 92.8 cm³/mol. The summed E-state index contributed by atoms with van der Waals surface area (Å²) in [4.78, 5) is 16.9. The summed E-state index contributed by atoms with van der Waals surface area (Å²) in [6.07, 6.45) is 1.25. The van der Waals surface area contributed by atoms with Crippen LogP contribution < -0.4 is 10.7 Å². The van der Waals surface area contributed by atoms with Gasteiger partial charge in [0.1, 0.15) is 7.11 Å². The second-order valence-electron chi connectivity index (χ2n) is 4.71. The second kappa shape index (κ2) is 8.33. The largest absolute Gasteiger partial charge is 0.399 e. The first-order valence-corrected chi connectivity index (χ1v) is 7.02. The highest BCUT2D eigenvalue weighted by Gasteiger charge is 2.10. The van der Waals surface area contributed by atoms with Gasteiger partial charge >= 0.3 is 0 Å². The third-order valence-corrected chi connectivity index (χ3v) is 2.90. The van der Waals surface area contributed by atoms with Gasteiger partial charge in [-0.2, -0.15) is 5.10 Å². The van der Waals surface area contributed by atoms with Gasteiger partial charge in [-0.25, -0.2) is 0 Å². The van der Waals surface area contributed by atoms with Gasteiger partial charge in [0.2, 0.25) is 0 Å². The van der Waals surface area contributed by atoms with Crippen molar-refractivity contribution in [1.82, 2.24) is 0 Å². The summed E-state index contributed by atoms with van der Waals surface area (Å²) in [5, 5.41) is 10.4. The Kier molecular flexibility index (Phi) is 5.88. The number of aryl methyl sites for hydroxylation is 1. The van der Waals surface area contributed by atoms with Crippen LogP contribution in [0.25, 0.3) is 0 Å². The Bertz CT molecular complexity index is 694. The van der Waals surface area contributed by atoms with E-state index in [2.05, 4.69) is 25.8 Å². The first-order chi connectivity index (χ1) is 11.2. The molecule has 2 rings (SSSR count). The molecule has 0 heterocycles. The summed E-state index contributed by atoms with van der Waals surface area (Å²) in [5.74, 6) is -0.392. The van der Waals surface area contributed by atoms with Crippen molar-refractivity contribution < 1.29 is 9.63 Å². The van der Waals surface area contributed by atoms with Crippen molar-refractivity contribution in [2.45, 2.75) is 6.92 Å². The minimum absolute atomic E-state index is 0.0938. The average molecular weight is 310 g/mol. The molecule has 2 aromatic rings. The molecule has 0 aliphatic heterocycles. The second-order valence-corrected chi connectivity index (χ2v) is 4.71. The van der Waals surface area contributed by atoms with E-state index in [0.29, 0.717) is 5.69 Å². The monoisotopic (exact) mass is 310 g/mol. The van der Waals surface area contributed by atoms with E-state index in [4.69, 9.17) is 0 Å². The van der Waals surface area contributed by atoms with Gasteiger partial charge in [0.15, 0.2) is 5.71 Å². The summed E-state index contributed by atoms with van der Waals surface area (Å²) >= 11 is 0. The zero-order valence-corrected chi connectivity index (χ0v) is 13.0. The fraction of sp³-hybridized carbons (Fsp3) is 0.118. The molecule has 0 aliphatic rings. The van der Waals surface area contributed by atoms with Crippen molar-refractivity contribution in [3.63, 3.8) is 0 Å². The molecule has 0 spiro atoms. The Hall–Kier alpha value is -3.15. The first kappa shape index (κ1) is 16.2. The lowest BCUT2D eigenvalue weighted by molar-refractivity contribution is -0.110. The van der Waals surface area contributed by atoms with Crippen molar-refractivity contribution in [3.8, 4) is 0 Å². The van der Waals surface area contributed by atoms with E-state index in [9.17, 15) is 4.79 Å². The highest BCUT2D eigenvalue weighted by Crippen LogP contribution is 2.09. The molecular weight excluding hydrogens is 292 g/mol. The van der Waals surface area contributed by atoms with Gasteiger partial charge in [-0.3, -0.25) is 10.2 Å². The third kappa shape index (κ3) is 5.28. The summed E-state index contributed by atoms with van der Waals surface area (Å²) < 4.78 is 0. The maximum atomic E-state index is 12.3. The van der Waals surface area contributed by atoms with Crippen molar-refractivity contribution in [2.24, 2.45) is 10.3 Å². The molecule has 0 atom stereocenters. The zero-order valence-electron chi connectivity index (χ0n) is 13.0. The van der Waals surface area contributed by atoms with E-state index in [0.717, 1.165) is 11.3 Å². The Morgan fingerprint density at radius 3 is 2.39 bits per heavy atom. The Balaban J connectivity index is 2.12. The first-order valence-electron chi connectivity index (χ1n) is 7.02. The van der Waals surface area contributed by atoms with Gasteiger partial charge in [-0.05, 0) is 31.2 Å². The molecule has 0 unspecified atom stereocenters. The average Bonchev–Trinajstić information content (AvgIpc) is 2.57. The SMILES string of the molecule is CON=C/C(=N/Nc1ccc(C)cc1)C(=O)Nc1ccccc1. The molecular formula is C17H18N4O2. The number of hydrazone groups is 1. The number of oxime groups is 1. The van der Waals surface area contributed by atoms with Gasteiger partial charge in [0.25, 0.3) is 5.91 Å². The quantitative estimate of drug-likeness (QED) is 0.636. The molecule has 1 amide bonds. The lowest BCUT2D eigenvalue weighted by atomic mass is 10.2. The molecule has 0 saturated carbocycles. The Morgan fingerprint density at radius 2 is 1.74 bits per heavy atom. The van der Waals surface area contributed by atoms with E-state index in [1.54, 1.807) is 12.1 Å². The molecule has 2 N–H and O–H groups in total. The molecule has 0 aromatic heterocycles. The van der Waals surface area contributed by atoms with Crippen LogP contribution in [0.2, 0.25) is 0 Å². The summed E-state index contributed by atoms with van der Waals surface area (Å²) in [7, 11) is 1.40. The number of hydrogen-bond acceptors (Lipinski definition) is 5. The Labute approximate surface area is 134 Å². The van der Waals surface area contributed by atoms with E-state index in [1.165, 1.54) is 13.3 Å². The number of amides is 1. The number of nitrogens with one attached hydrogen (secondary N) is 2. The normalized spacial score (nSPS) is 11.3. The van der Waals surface area contributed by atoms with Crippen molar-refractivity contribution in [2.75, 3.05) is 17.9 Å². The lowest BCUT2D eigenvalue weighted by Crippen LogP contribution is -2.25. The highest BCUT2D eigenvalue weighted by molar-refractivity contribution is 6.63. The van der Waals surface area contributed by atoms with Crippen LogP contribution in [0.4, 0.5) is 11.4 Å². The van der Waals surface area contributed by atoms with E-state index < -0.39 is 5.91 Å². The van der Waals surface area contributed by atoms with Crippen LogP contribution in [0.1, 0.15) is 5.56 Å². The smallest absolute Gasteiger partial charge is 0.277 e. The molecule has 0 fully saturated rings. The van der Waals surface area contributed by atoms with Crippen LogP contribution in [0.15, 0.2) is 64.9 Å². The molecule has 6 nitrogen and oxygen atoms in total. The third-order valence-electron chi connectivity index (χ3n) is 2.90. The van der Waals surface area contributed by atoms with Crippen molar-refractivity contribution in [3.05, 3.63) is 60.2 Å². The predicted octanol–water partition coefficient (Wildman–Crippen LogP) is 3.03. The molecule has 0 radical (unpaired) electrons. The number of hydrogen-bond donors (Lipinski definition) is 2. The van der Waals surface area contributed by atoms with Crippen LogP contribution in [0.5, 0.6) is 0 Å². The lowest BCUT2D eigenvalue weighted by Gasteiger charge is -2.06. The van der Waals surface area contributed by atoms with Crippen LogP contribution in [-0.2, 0) is 9.63 Å². The molecule has 118 valence electrons. The highest BCUT2D eigenvalue weighted by atomic mass is 16.6. The molecule has 0 saturated heterocycles. The van der Waals surface area contributed by atoms with Gasteiger partial charge in [0.05, 0.1) is 11.9 Å². The molecule has 0 bridgehead atoms. The summed E-state index contributed by atoms with van der Waals surface area (Å²) in [6, 6.07) is 16.8. The Morgan fingerprint density at radius 1 is 1.04 bits per heavy atom. The van der Waals surface area contributed by atoms with E-state index >= 15 is 0 Å². The number of para-hydroxylation sites is 1. The number of carbonyl (C=O) groups excluding carboxylic acids is 1. The molecule has 6 heteroatoms. The van der Waals surface area contributed by atoms with Gasteiger partial charge < -0.3 is 10.2 Å². The van der Waals surface area contributed by atoms with Crippen molar-refractivity contribution in [1.29, 1.82) is 0 Å². The minimum Gasteiger partial charge on any atom is -0.399 e.